The van der Waals surface area contributed by atoms with Gasteiger partial charge in [0.05, 0.1) is 22.6 Å². The van der Waals surface area contributed by atoms with Gasteiger partial charge in [-0.2, -0.15) is 4.31 Å². The van der Waals surface area contributed by atoms with Gasteiger partial charge in [0.1, 0.15) is 11.6 Å². The quantitative estimate of drug-likeness (QED) is 0.620. The standard InChI is InChI=1S/C23H29FN2O4S/c1-4-26(5-2)31(28,29)19-11-12-21(30-6-3)20(16-19)25-22(27)23(13-8-14-23)17-9-7-10-18(24)15-17/h7,9-12,15-16H,4-6,8,13-14H2,1-3H3,(H,25,27). The number of hydrogen-bond acceptors (Lipinski definition) is 4. The summed E-state index contributed by atoms with van der Waals surface area (Å²) < 4.78 is 46.7. The van der Waals surface area contributed by atoms with Crippen LogP contribution in [0.4, 0.5) is 10.1 Å². The molecule has 1 saturated carbocycles. The molecule has 2 aromatic carbocycles. The van der Waals surface area contributed by atoms with Gasteiger partial charge in [-0.05, 0) is 55.7 Å². The molecule has 0 bridgehead atoms. The minimum Gasteiger partial charge on any atom is -0.492 e. The second-order valence-corrected chi connectivity index (χ2v) is 9.52. The minimum absolute atomic E-state index is 0.0865. The number of anilines is 1. The maximum atomic E-state index is 13.8. The highest BCUT2D eigenvalue weighted by molar-refractivity contribution is 7.89. The summed E-state index contributed by atoms with van der Waals surface area (Å²) in [6.45, 7) is 6.41. The van der Waals surface area contributed by atoms with Crippen molar-refractivity contribution >= 4 is 21.6 Å². The Bertz CT molecular complexity index is 1050. The largest absolute Gasteiger partial charge is 0.492 e. The maximum absolute atomic E-state index is 13.8. The Labute approximate surface area is 183 Å². The monoisotopic (exact) mass is 448 g/mol. The number of rotatable bonds is 9. The first-order valence-corrected chi connectivity index (χ1v) is 12.1. The van der Waals surface area contributed by atoms with E-state index in [0.29, 0.717) is 49.5 Å². The van der Waals surface area contributed by atoms with E-state index < -0.39 is 15.4 Å². The number of benzene rings is 2. The summed E-state index contributed by atoms with van der Waals surface area (Å²) >= 11 is 0. The number of hydrogen-bond donors (Lipinski definition) is 1. The zero-order valence-electron chi connectivity index (χ0n) is 18.2. The van der Waals surface area contributed by atoms with Gasteiger partial charge in [0.2, 0.25) is 15.9 Å². The number of sulfonamides is 1. The summed E-state index contributed by atoms with van der Waals surface area (Å²) in [7, 11) is -3.70. The van der Waals surface area contributed by atoms with E-state index in [4.69, 9.17) is 4.74 Å². The Hall–Kier alpha value is -2.45. The molecule has 0 unspecified atom stereocenters. The van der Waals surface area contributed by atoms with Crippen LogP contribution in [-0.4, -0.2) is 38.3 Å². The van der Waals surface area contributed by atoms with Crippen molar-refractivity contribution in [2.75, 3.05) is 25.0 Å². The number of nitrogens with one attached hydrogen (secondary N) is 1. The van der Waals surface area contributed by atoms with Gasteiger partial charge < -0.3 is 10.1 Å². The van der Waals surface area contributed by atoms with Gasteiger partial charge >= 0.3 is 0 Å². The lowest BCUT2D eigenvalue weighted by atomic mass is 9.63. The normalized spacial score (nSPS) is 15.4. The fourth-order valence-electron chi connectivity index (χ4n) is 3.97. The molecule has 1 amide bonds. The molecular weight excluding hydrogens is 419 g/mol. The molecule has 1 aliphatic rings. The van der Waals surface area contributed by atoms with Crippen LogP contribution in [0.15, 0.2) is 47.4 Å². The summed E-state index contributed by atoms with van der Waals surface area (Å²) in [6, 6.07) is 10.6. The Morgan fingerprint density at radius 2 is 1.84 bits per heavy atom. The second kappa shape index (κ2) is 9.36. The molecule has 1 aliphatic carbocycles. The van der Waals surface area contributed by atoms with E-state index in [0.717, 1.165) is 6.42 Å². The topological polar surface area (TPSA) is 75.7 Å². The number of carbonyl (C=O) groups is 1. The van der Waals surface area contributed by atoms with Gasteiger partial charge in [-0.25, -0.2) is 12.8 Å². The van der Waals surface area contributed by atoms with Crippen LogP contribution < -0.4 is 10.1 Å². The highest BCUT2D eigenvalue weighted by Gasteiger charge is 2.46. The van der Waals surface area contributed by atoms with E-state index in [9.17, 15) is 17.6 Å². The third kappa shape index (κ3) is 4.45. The minimum atomic E-state index is -3.70. The van der Waals surface area contributed by atoms with Crippen molar-refractivity contribution in [3.8, 4) is 5.75 Å². The number of nitrogens with zero attached hydrogens (tertiary/aromatic N) is 1. The van der Waals surface area contributed by atoms with Crippen LogP contribution in [0.25, 0.3) is 0 Å². The lowest BCUT2D eigenvalue weighted by Crippen LogP contribution is -2.46. The second-order valence-electron chi connectivity index (χ2n) is 7.58. The van der Waals surface area contributed by atoms with Crippen molar-refractivity contribution in [2.24, 2.45) is 0 Å². The molecule has 0 radical (unpaired) electrons. The molecule has 2 aromatic rings. The smallest absolute Gasteiger partial charge is 0.243 e. The number of ether oxygens (including phenoxy) is 1. The Morgan fingerprint density at radius 1 is 1.13 bits per heavy atom. The molecule has 0 spiro atoms. The molecule has 1 fully saturated rings. The van der Waals surface area contributed by atoms with E-state index in [1.165, 1.54) is 28.6 Å². The Morgan fingerprint density at radius 3 is 2.39 bits per heavy atom. The van der Waals surface area contributed by atoms with Crippen LogP contribution in [0.2, 0.25) is 0 Å². The maximum Gasteiger partial charge on any atom is 0.243 e. The van der Waals surface area contributed by atoms with Crippen LogP contribution in [0.3, 0.4) is 0 Å². The van der Waals surface area contributed by atoms with Crippen molar-refractivity contribution in [3.05, 3.63) is 53.8 Å². The lowest BCUT2D eigenvalue weighted by Gasteiger charge is -2.40. The van der Waals surface area contributed by atoms with Crippen LogP contribution in [-0.2, 0) is 20.2 Å². The van der Waals surface area contributed by atoms with E-state index in [1.54, 1.807) is 32.0 Å². The first-order valence-electron chi connectivity index (χ1n) is 10.6. The zero-order valence-corrected chi connectivity index (χ0v) is 19.0. The summed E-state index contributed by atoms with van der Waals surface area (Å²) in [4.78, 5) is 13.4. The molecule has 31 heavy (non-hydrogen) atoms. The molecule has 0 aromatic heterocycles. The molecule has 1 N–H and O–H groups in total. The average molecular weight is 449 g/mol. The third-order valence-corrected chi connectivity index (χ3v) is 7.91. The first kappa shape index (κ1) is 23.2. The van der Waals surface area contributed by atoms with E-state index in [2.05, 4.69) is 5.32 Å². The van der Waals surface area contributed by atoms with Crippen molar-refractivity contribution in [1.29, 1.82) is 0 Å². The van der Waals surface area contributed by atoms with Crippen LogP contribution in [0, 0.1) is 5.82 Å². The summed E-state index contributed by atoms with van der Waals surface area (Å²) in [5.74, 6) is -0.287. The highest BCUT2D eigenvalue weighted by Crippen LogP contribution is 2.45. The zero-order chi connectivity index (χ0) is 22.6. The summed E-state index contributed by atoms with van der Waals surface area (Å²) in [6.07, 6.45) is 2.06. The molecule has 3 rings (SSSR count). The first-order chi connectivity index (χ1) is 14.8. The van der Waals surface area contributed by atoms with Gasteiger partial charge in [-0.3, -0.25) is 4.79 Å². The van der Waals surface area contributed by atoms with Crippen molar-refractivity contribution in [2.45, 2.75) is 50.3 Å². The van der Waals surface area contributed by atoms with E-state index in [1.807, 2.05) is 6.92 Å². The fourth-order valence-corrected chi connectivity index (χ4v) is 5.45. The predicted octanol–water partition coefficient (Wildman–Crippen LogP) is 4.32. The molecular formula is C23H29FN2O4S. The molecule has 0 heterocycles. The van der Waals surface area contributed by atoms with Crippen LogP contribution in [0.1, 0.15) is 45.6 Å². The van der Waals surface area contributed by atoms with Crippen molar-refractivity contribution in [1.82, 2.24) is 4.31 Å². The number of amides is 1. The molecule has 0 atom stereocenters. The summed E-state index contributed by atoms with van der Waals surface area (Å²) in [5, 5.41) is 2.87. The number of halogens is 1. The fraction of sp³-hybridized carbons (Fsp3) is 0.435. The average Bonchev–Trinajstić information content (AvgIpc) is 2.69. The SMILES string of the molecule is CCOc1ccc(S(=O)(=O)N(CC)CC)cc1NC(=O)C1(c2cccc(F)c2)CCC1. The third-order valence-electron chi connectivity index (χ3n) is 5.86. The molecule has 8 heteroatoms. The Kier molecular flexibility index (Phi) is 7.01. The predicted molar refractivity (Wildman–Crippen MR) is 118 cm³/mol. The van der Waals surface area contributed by atoms with E-state index in [-0.39, 0.29) is 16.6 Å². The van der Waals surface area contributed by atoms with Gasteiger partial charge in [0.25, 0.3) is 0 Å². The number of carbonyl (C=O) groups excluding carboxylic acids is 1. The van der Waals surface area contributed by atoms with Crippen LogP contribution >= 0.6 is 0 Å². The van der Waals surface area contributed by atoms with Crippen LogP contribution in [0.5, 0.6) is 5.75 Å². The van der Waals surface area contributed by atoms with E-state index >= 15 is 0 Å². The van der Waals surface area contributed by atoms with Crippen molar-refractivity contribution in [3.63, 3.8) is 0 Å². The molecule has 0 saturated heterocycles. The van der Waals surface area contributed by atoms with Gasteiger partial charge in [-0.1, -0.05) is 32.4 Å². The van der Waals surface area contributed by atoms with Gasteiger partial charge in [-0.15, -0.1) is 0 Å². The Balaban J connectivity index is 1.98. The van der Waals surface area contributed by atoms with Gasteiger partial charge in [0.15, 0.2) is 0 Å². The van der Waals surface area contributed by atoms with Crippen molar-refractivity contribution < 1.29 is 22.3 Å². The molecule has 168 valence electrons. The highest BCUT2D eigenvalue weighted by atomic mass is 32.2. The van der Waals surface area contributed by atoms with Gasteiger partial charge in [0, 0.05) is 13.1 Å². The summed E-state index contributed by atoms with van der Waals surface area (Å²) in [5.41, 5.74) is 0.0863. The molecule has 0 aliphatic heterocycles. The molecule has 6 nitrogen and oxygen atoms in total. The lowest BCUT2D eigenvalue weighted by molar-refractivity contribution is -0.124.